The fraction of sp³-hybridized carbons (Fsp3) is 0.167. The van der Waals surface area contributed by atoms with Gasteiger partial charge in [0.15, 0.2) is 12.6 Å². The van der Waals surface area contributed by atoms with Crippen molar-refractivity contribution in [3.8, 4) is 11.5 Å². The summed E-state index contributed by atoms with van der Waals surface area (Å²) in [6, 6.07) is 18.5. The molecular weight excluding hydrogens is 352 g/mol. The van der Waals surface area contributed by atoms with Crippen molar-refractivity contribution < 1.29 is 19.1 Å². The number of aldehydes is 2. The van der Waals surface area contributed by atoms with Gasteiger partial charge in [0, 0.05) is 0 Å². The zero-order valence-electron chi connectivity index (χ0n) is 16.0. The first kappa shape index (κ1) is 19.4. The molecule has 4 nitrogen and oxygen atoms in total. The van der Waals surface area contributed by atoms with E-state index in [0.29, 0.717) is 35.8 Å². The van der Waals surface area contributed by atoms with E-state index in [4.69, 9.17) is 9.47 Å². The molecule has 0 aliphatic rings. The standard InChI is InChI=1S/C24H22O4/c1-17-11-22(16-28-24-10-6-4-8-20(24)14-26)18(2)12-21(17)15-27-23-9-5-3-7-19(23)13-25/h3-14H,15-16H2,1-2H3. The van der Waals surface area contributed by atoms with Gasteiger partial charge in [0.1, 0.15) is 24.7 Å². The van der Waals surface area contributed by atoms with Gasteiger partial charge >= 0.3 is 0 Å². The molecule has 0 fully saturated rings. The van der Waals surface area contributed by atoms with Gasteiger partial charge in [-0.3, -0.25) is 9.59 Å². The van der Waals surface area contributed by atoms with Crippen LogP contribution in [0.3, 0.4) is 0 Å². The average molecular weight is 374 g/mol. The van der Waals surface area contributed by atoms with E-state index in [2.05, 4.69) is 12.1 Å². The van der Waals surface area contributed by atoms with Crippen molar-refractivity contribution in [1.29, 1.82) is 0 Å². The molecule has 0 aliphatic heterocycles. The first-order chi connectivity index (χ1) is 13.6. The molecule has 0 spiro atoms. The summed E-state index contributed by atoms with van der Waals surface area (Å²) in [6.45, 7) is 4.80. The maximum Gasteiger partial charge on any atom is 0.153 e. The van der Waals surface area contributed by atoms with Gasteiger partial charge in [-0.1, -0.05) is 36.4 Å². The van der Waals surface area contributed by atoms with Crippen molar-refractivity contribution >= 4 is 12.6 Å². The van der Waals surface area contributed by atoms with Gasteiger partial charge in [0.25, 0.3) is 0 Å². The highest BCUT2D eigenvalue weighted by Gasteiger charge is 2.09. The Labute approximate surface area is 164 Å². The van der Waals surface area contributed by atoms with E-state index < -0.39 is 0 Å². The minimum absolute atomic E-state index is 0.382. The van der Waals surface area contributed by atoms with Crippen LogP contribution < -0.4 is 9.47 Å². The molecule has 0 aromatic heterocycles. The van der Waals surface area contributed by atoms with Gasteiger partial charge in [-0.15, -0.1) is 0 Å². The second kappa shape index (κ2) is 9.00. The molecule has 0 saturated heterocycles. The van der Waals surface area contributed by atoms with Gasteiger partial charge in [-0.2, -0.15) is 0 Å². The predicted octanol–water partition coefficient (Wildman–Crippen LogP) is 5.09. The molecule has 0 atom stereocenters. The van der Waals surface area contributed by atoms with Gasteiger partial charge < -0.3 is 9.47 Å². The molecular formula is C24H22O4. The average Bonchev–Trinajstić information content (AvgIpc) is 2.73. The lowest BCUT2D eigenvalue weighted by Crippen LogP contribution is -2.05. The van der Waals surface area contributed by atoms with E-state index in [9.17, 15) is 9.59 Å². The number of carbonyl (C=O) groups is 2. The van der Waals surface area contributed by atoms with Gasteiger partial charge in [0.05, 0.1) is 11.1 Å². The van der Waals surface area contributed by atoms with Crippen LogP contribution in [0.1, 0.15) is 43.0 Å². The lowest BCUT2D eigenvalue weighted by molar-refractivity contribution is 0.111. The lowest BCUT2D eigenvalue weighted by Gasteiger charge is -2.15. The minimum Gasteiger partial charge on any atom is -0.488 e. The van der Waals surface area contributed by atoms with Crippen molar-refractivity contribution in [2.24, 2.45) is 0 Å². The smallest absolute Gasteiger partial charge is 0.153 e. The predicted molar refractivity (Wildman–Crippen MR) is 108 cm³/mol. The van der Waals surface area contributed by atoms with E-state index in [0.717, 1.165) is 34.8 Å². The van der Waals surface area contributed by atoms with Gasteiger partial charge in [-0.05, 0) is 60.4 Å². The van der Waals surface area contributed by atoms with Crippen LogP contribution in [0.5, 0.6) is 11.5 Å². The summed E-state index contributed by atoms with van der Waals surface area (Å²) < 4.78 is 11.7. The Bertz CT molecular complexity index is 910. The van der Waals surface area contributed by atoms with E-state index in [-0.39, 0.29) is 0 Å². The molecule has 4 heteroatoms. The van der Waals surface area contributed by atoms with Crippen LogP contribution in [0.4, 0.5) is 0 Å². The highest BCUT2D eigenvalue weighted by Crippen LogP contribution is 2.23. The molecule has 3 aromatic rings. The first-order valence-corrected chi connectivity index (χ1v) is 9.05. The number of rotatable bonds is 8. The highest BCUT2D eigenvalue weighted by atomic mass is 16.5. The Morgan fingerprint density at radius 1 is 0.679 bits per heavy atom. The van der Waals surface area contributed by atoms with Crippen molar-refractivity contribution in [3.63, 3.8) is 0 Å². The van der Waals surface area contributed by atoms with E-state index in [1.807, 2.05) is 38.1 Å². The van der Waals surface area contributed by atoms with E-state index in [1.165, 1.54) is 0 Å². The molecule has 3 rings (SSSR count). The van der Waals surface area contributed by atoms with Crippen molar-refractivity contribution in [3.05, 3.63) is 94.0 Å². The minimum atomic E-state index is 0.382. The van der Waals surface area contributed by atoms with E-state index in [1.54, 1.807) is 24.3 Å². The Balaban J connectivity index is 1.72. The number of benzene rings is 3. The molecule has 0 heterocycles. The van der Waals surface area contributed by atoms with E-state index >= 15 is 0 Å². The summed E-state index contributed by atoms with van der Waals surface area (Å²) in [6.07, 6.45) is 1.59. The van der Waals surface area contributed by atoms with Crippen molar-refractivity contribution in [2.45, 2.75) is 27.1 Å². The largest absolute Gasteiger partial charge is 0.488 e. The third-order valence-corrected chi connectivity index (χ3v) is 4.65. The van der Waals surface area contributed by atoms with Crippen molar-refractivity contribution in [1.82, 2.24) is 0 Å². The zero-order chi connectivity index (χ0) is 19.9. The van der Waals surface area contributed by atoms with Crippen LogP contribution in [-0.4, -0.2) is 12.6 Å². The quantitative estimate of drug-likeness (QED) is 0.516. The van der Waals surface area contributed by atoms with Crippen LogP contribution in [0, 0.1) is 13.8 Å². The van der Waals surface area contributed by atoms with Crippen LogP contribution in [0.15, 0.2) is 60.7 Å². The van der Waals surface area contributed by atoms with Crippen molar-refractivity contribution in [2.75, 3.05) is 0 Å². The van der Waals surface area contributed by atoms with Crippen LogP contribution in [0.25, 0.3) is 0 Å². The molecule has 3 aromatic carbocycles. The summed E-state index contributed by atoms with van der Waals surface area (Å²) >= 11 is 0. The molecule has 0 unspecified atom stereocenters. The number of aryl methyl sites for hydroxylation is 2. The summed E-state index contributed by atoms with van der Waals surface area (Å²) in [5.41, 5.74) is 5.34. The number of hydrogen-bond donors (Lipinski definition) is 0. The first-order valence-electron chi connectivity index (χ1n) is 9.05. The maximum absolute atomic E-state index is 11.1. The normalized spacial score (nSPS) is 10.4. The van der Waals surface area contributed by atoms with Crippen LogP contribution >= 0.6 is 0 Å². The molecule has 0 N–H and O–H groups in total. The zero-order valence-corrected chi connectivity index (χ0v) is 16.0. The van der Waals surface area contributed by atoms with Gasteiger partial charge in [0.2, 0.25) is 0 Å². The second-order valence-electron chi connectivity index (χ2n) is 6.59. The number of hydrogen-bond acceptors (Lipinski definition) is 4. The Kier molecular flexibility index (Phi) is 6.22. The van der Waals surface area contributed by atoms with Gasteiger partial charge in [-0.25, -0.2) is 0 Å². The molecule has 0 saturated carbocycles. The molecule has 0 aliphatic carbocycles. The molecule has 0 radical (unpaired) electrons. The number of para-hydroxylation sites is 2. The fourth-order valence-corrected chi connectivity index (χ4v) is 2.98. The Hall–Kier alpha value is -3.40. The molecule has 28 heavy (non-hydrogen) atoms. The Morgan fingerprint density at radius 3 is 1.46 bits per heavy atom. The maximum atomic E-state index is 11.1. The SMILES string of the molecule is Cc1cc(COc2ccccc2C=O)c(C)cc1COc1ccccc1C=O. The number of ether oxygens (including phenoxy) is 2. The summed E-state index contributed by atoms with van der Waals surface area (Å²) in [5.74, 6) is 1.15. The summed E-state index contributed by atoms with van der Waals surface area (Å²) in [4.78, 5) is 22.2. The second-order valence-corrected chi connectivity index (χ2v) is 6.59. The lowest BCUT2D eigenvalue weighted by atomic mass is 10.0. The topological polar surface area (TPSA) is 52.6 Å². The summed E-state index contributed by atoms with van der Waals surface area (Å²) in [7, 11) is 0. The molecule has 142 valence electrons. The fourth-order valence-electron chi connectivity index (χ4n) is 2.98. The third-order valence-electron chi connectivity index (χ3n) is 4.65. The third kappa shape index (κ3) is 4.46. The summed E-state index contributed by atoms with van der Waals surface area (Å²) in [5, 5.41) is 0. The highest BCUT2D eigenvalue weighted by molar-refractivity contribution is 5.79. The van der Waals surface area contributed by atoms with Crippen LogP contribution in [0.2, 0.25) is 0 Å². The molecule has 0 bridgehead atoms. The Morgan fingerprint density at radius 2 is 1.07 bits per heavy atom. The monoisotopic (exact) mass is 374 g/mol. The van der Waals surface area contributed by atoms with Crippen LogP contribution in [-0.2, 0) is 13.2 Å². The molecule has 0 amide bonds. The number of carbonyl (C=O) groups excluding carboxylic acids is 2.